The second kappa shape index (κ2) is 12.7. The van der Waals surface area contributed by atoms with E-state index in [2.05, 4.69) is 147 Å². The number of benzene rings is 3. The molecule has 0 bridgehead atoms. The van der Waals surface area contributed by atoms with E-state index in [1.165, 1.54) is 38.9 Å². The van der Waals surface area contributed by atoms with Gasteiger partial charge in [-0.2, -0.15) is 0 Å². The number of aryl methyl sites for hydroxylation is 1. The van der Waals surface area contributed by atoms with E-state index in [1.807, 2.05) is 0 Å². The van der Waals surface area contributed by atoms with Gasteiger partial charge < -0.3 is 24.8 Å². The van der Waals surface area contributed by atoms with Gasteiger partial charge in [-0.3, -0.25) is 0 Å². The number of rotatable bonds is 3. The van der Waals surface area contributed by atoms with Crippen molar-refractivity contribution in [2.24, 2.45) is 11.3 Å². The van der Waals surface area contributed by atoms with Crippen molar-refractivity contribution in [3.05, 3.63) is 108 Å². The molecule has 0 N–H and O–H groups in total. The van der Waals surface area contributed by atoms with Crippen molar-refractivity contribution in [3.8, 4) is 11.1 Å². The van der Waals surface area contributed by atoms with E-state index >= 15 is 0 Å². The largest absolute Gasteiger partial charge is 1.00 e. The first-order valence-corrected chi connectivity index (χ1v) is 19.4. The molecule has 0 amide bonds. The molecule has 2 aliphatic carbocycles. The molecule has 0 heterocycles. The molecule has 3 aromatic carbocycles. The van der Waals surface area contributed by atoms with E-state index in [0.717, 1.165) is 6.42 Å². The average molecular weight is 693 g/mol. The zero-order valence-electron chi connectivity index (χ0n) is 28.4. The van der Waals surface area contributed by atoms with Crippen molar-refractivity contribution >= 4 is 6.98 Å². The van der Waals surface area contributed by atoms with E-state index in [-0.39, 0.29) is 41.1 Å². The smallest absolute Gasteiger partial charge is 1.00 e. The maximum absolute atomic E-state index is 2.75. The summed E-state index contributed by atoms with van der Waals surface area (Å²) in [5, 5.41) is 0. The molecule has 5 rings (SSSR count). The molecule has 43 heavy (non-hydrogen) atoms. The van der Waals surface area contributed by atoms with Crippen LogP contribution in [0.1, 0.15) is 110 Å². The van der Waals surface area contributed by atoms with E-state index < -0.39 is 21.3 Å². The van der Waals surface area contributed by atoms with E-state index in [0.29, 0.717) is 5.92 Å². The molecular weight excluding hydrogens is 643 g/mol. The maximum atomic E-state index is 2.75. The van der Waals surface area contributed by atoms with Gasteiger partial charge in [-0.1, -0.05) is 0 Å². The van der Waals surface area contributed by atoms with Gasteiger partial charge in [0.15, 0.2) is 0 Å². The van der Waals surface area contributed by atoms with Crippen LogP contribution in [0.2, 0.25) is 0 Å². The van der Waals surface area contributed by atoms with Gasteiger partial charge in [0.25, 0.3) is 0 Å². The van der Waals surface area contributed by atoms with Gasteiger partial charge >= 0.3 is 260 Å². The first-order valence-electron chi connectivity index (χ1n) is 15.5. The summed E-state index contributed by atoms with van der Waals surface area (Å²) in [5.41, 5.74) is 15.2. The Labute approximate surface area is 282 Å². The Bertz CT molecular complexity index is 1610. The van der Waals surface area contributed by atoms with Crippen molar-refractivity contribution in [1.82, 2.24) is 0 Å². The van der Waals surface area contributed by atoms with Gasteiger partial charge in [-0.25, -0.2) is 0 Å². The zero-order chi connectivity index (χ0) is 30.1. The van der Waals surface area contributed by atoms with Crippen LogP contribution >= 0.6 is 0 Å². The molecule has 1 atom stereocenters. The van der Waals surface area contributed by atoms with Gasteiger partial charge in [-0.05, 0) is 0 Å². The monoisotopic (exact) mass is 690 g/mol. The normalized spacial score (nSPS) is 16.4. The quantitative estimate of drug-likeness (QED) is 0.303. The number of halogens is 2. The summed E-state index contributed by atoms with van der Waals surface area (Å²) in [5.74, 6) is 0.491. The summed E-state index contributed by atoms with van der Waals surface area (Å²) in [6.45, 7) is 28.4. The number of fused-ring (bicyclic) bond motifs is 3. The van der Waals surface area contributed by atoms with Crippen molar-refractivity contribution in [2.75, 3.05) is 0 Å². The van der Waals surface area contributed by atoms with Crippen molar-refractivity contribution in [2.45, 2.75) is 100 Å². The van der Waals surface area contributed by atoms with Crippen molar-refractivity contribution in [1.29, 1.82) is 0 Å². The van der Waals surface area contributed by atoms with Crippen LogP contribution in [0.25, 0.3) is 11.1 Å². The standard InChI is InChI=1S/C21H25.C11H17.C8H8.2ClH.Zr/c1-20(2,3)16-9-7-14-11-15-8-10-17(21(4,5)6)13-19(15)18(14)12-16;1-8-6-9(2)10(7-8)11(3,4)5;1-7-3-5-8(2)6-4-7;;;/h7,9-10,12-13H,11H2,1-6H3;7-8H,1-5H3;1,3-6H,2H3;2*1H;/q;;;;;+2/p-2. The molecule has 228 valence electrons. The summed E-state index contributed by atoms with van der Waals surface area (Å²) in [6.07, 6.45) is 3.65. The topological polar surface area (TPSA) is 0 Å². The molecule has 3 heteroatoms. The molecule has 0 saturated carbocycles. The van der Waals surface area contributed by atoms with Crippen LogP contribution < -0.4 is 28.1 Å². The van der Waals surface area contributed by atoms with E-state index in [4.69, 9.17) is 0 Å². The maximum Gasteiger partial charge on any atom is -1.00 e. The molecule has 3 aromatic rings. The van der Waals surface area contributed by atoms with Crippen LogP contribution in [0.15, 0.2) is 75.1 Å². The van der Waals surface area contributed by atoms with Crippen LogP contribution in [-0.2, 0) is 38.5 Å². The summed E-state index contributed by atoms with van der Waals surface area (Å²) in [7, 11) is 0. The fourth-order valence-electron chi connectivity index (χ4n) is 6.75. The Morgan fingerprint density at radius 3 is 1.81 bits per heavy atom. The van der Waals surface area contributed by atoms with Gasteiger partial charge in [0.1, 0.15) is 0 Å². The zero-order valence-corrected chi connectivity index (χ0v) is 32.4. The predicted molar refractivity (Wildman–Crippen MR) is 177 cm³/mol. The fourth-order valence-corrected chi connectivity index (χ4v) is 14.4. The van der Waals surface area contributed by atoms with Gasteiger partial charge in [0.05, 0.1) is 0 Å². The Kier molecular flexibility index (Phi) is 10.6. The molecule has 2 aliphatic rings. The van der Waals surface area contributed by atoms with Crippen LogP contribution in [0, 0.1) is 18.3 Å². The first-order chi connectivity index (χ1) is 18.9. The Hall–Kier alpha value is -1.53. The number of allylic oxidation sites excluding steroid dienone is 4. The number of hydrogen-bond donors (Lipinski definition) is 0. The molecule has 1 unspecified atom stereocenters. The molecule has 0 saturated heterocycles. The van der Waals surface area contributed by atoms with Crippen molar-refractivity contribution in [3.63, 3.8) is 0 Å². The molecule has 0 aliphatic heterocycles. The minimum Gasteiger partial charge on any atom is -1.00 e. The van der Waals surface area contributed by atoms with Gasteiger partial charge in [0, 0.05) is 0 Å². The summed E-state index contributed by atoms with van der Waals surface area (Å²) in [4.78, 5) is 0. The molecule has 0 spiro atoms. The molecule has 0 nitrogen and oxygen atoms in total. The third-order valence-electron chi connectivity index (χ3n) is 9.21. The molecule has 0 aromatic heterocycles. The van der Waals surface area contributed by atoms with E-state index in [9.17, 15) is 0 Å². The molecule has 0 radical (unpaired) electrons. The van der Waals surface area contributed by atoms with Crippen LogP contribution in [0.5, 0.6) is 0 Å². The Balaban J connectivity index is 0.00000253. The van der Waals surface area contributed by atoms with E-state index in [1.54, 1.807) is 23.3 Å². The number of hydrogen-bond acceptors (Lipinski definition) is 0. The van der Waals surface area contributed by atoms with Gasteiger partial charge in [0.2, 0.25) is 0 Å². The summed E-state index contributed by atoms with van der Waals surface area (Å²) >= 11 is -2.54. The third-order valence-corrected chi connectivity index (χ3v) is 16.7. The van der Waals surface area contributed by atoms with Gasteiger partial charge in [-0.15, -0.1) is 0 Å². The second-order valence-electron chi connectivity index (χ2n) is 15.7. The van der Waals surface area contributed by atoms with Crippen LogP contribution in [0.3, 0.4) is 0 Å². The minimum absolute atomic E-state index is 0. The Morgan fingerprint density at radius 1 is 0.698 bits per heavy atom. The fraction of sp³-hybridized carbons (Fsp3) is 0.425. The van der Waals surface area contributed by atoms with Crippen molar-refractivity contribution < 1.29 is 46.1 Å². The predicted octanol–water partition coefficient (Wildman–Crippen LogP) is 4.16. The third kappa shape index (κ3) is 7.16. The first kappa shape index (κ1) is 35.9. The summed E-state index contributed by atoms with van der Waals surface area (Å²) < 4.78 is 6.20. The SMILES string of the molecule is CC1=[C](/[Zr+2](=[CH]/c2ccc(C)cc2)[c]2cc(C(C)(C)C)cc3c2Cc2ccc(C(C)(C)C)cc2-3)C(C)C=C1C(C)(C)C.[Cl-].[Cl-]. The Morgan fingerprint density at radius 2 is 1.28 bits per heavy atom. The molecular formula is C40H50Cl2Zr. The van der Waals surface area contributed by atoms with Crippen LogP contribution in [-0.4, -0.2) is 3.71 Å². The van der Waals surface area contributed by atoms with Crippen LogP contribution in [0.4, 0.5) is 0 Å². The summed E-state index contributed by atoms with van der Waals surface area (Å²) in [6, 6.07) is 21.8. The minimum atomic E-state index is -2.54. The molecule has 0 fully saturated rings. The second-order valence-corrected chi connectivity index (χ2v) is 21.1. The average Bonchev–Trinajstić information content (AvgIpc) is 3.38.